The van der Waals surface area contributed by atoms with Gasteiger partial charge in [0.15, 0.2) is 4.90 Å². The van der Waals surface area contributed by atoms with Gasteiger partial charge in [0.05, 0.1) is 17.5 Å². The molecule has 1 aliphatic rings. The third-order valence-electron chi connectivity index (χ3n) is 5.83. The second kappa shape index (κ2) is 10.6. The molecule has 0 unspecified atom stereocenters. The zero-order chi connectivity index (χ0) is 25.7. The van der Waals surface area contributed by atoms with E-state index in [4.69, 9.17) is 4.74 Å². The van der Waals surface area contributed by atoms with Crippen LogP contribution >= 0.6 is 0 Å². The van der Waals surface area contributed by atoms with Gasteiger partial charge < -0.3 is 4.74 Å². The summed E-state index contributed by atoms with van der Waals surface area (Å²) in [5.41, 5.74) is 1.57. The maximum atomic E-state index is 13.5. The molecule has 1 aliphatic heterocycles. The summed E-state index contributed by atoms with van der Waals surface area (Å²) in [6, 6.07) is 23.2. The van der Waals surface area contributed by atoms with E-state index in [9.17, 15) is 23.3 Å². The first-order valence-electron chi connectivity index (χ1n) is 11.2. The zero-order valence-electron chi connectivity index (χ0n) is 19.6. The number of hydrogen-bond donors (Lipinski definition) is 0. The Labute approximate surface area is 209 Å². The van der Waals surface area contributed by atoms with Crippen molar-refractivity contribution < 1.29 is 22.9 Å². The highest BCUT2D eigenvalue weighted by Crippen LogP contribution is 2.31. The molecule has 0 aromatic heterocycles. The van der Waals surface area contributed by atoms with E-state index in [0.29, 0.717) is 12.1 Å². The average Bonchev–Trinajstić information content (AvgIpc) is 2.88. The summed E-state index contributed by atoms with van der Waals surface area (Å²) in [7, 11) is -4.26. The van der Waals surface area contributed by atoms with Crippen LogP contribution in [0.5, 0.6) is 0 Å². The summed E-state index contributed by atoms with van der Waals surface area (Å²) in [6.07, 6.45) is 1.07. The molecule has 0 radical (unpaired) electrons. The van der Waals surface area contributed by atoms with E-state index in [-0.39, 0.29) is 13.2 Å². The summed E-state index contributed by atoms with van der Waals surface area (Å²) in [5, 5.41) is 11.5. The lowest BCUT2D eigenvalue weighted by Gasteiger charge is -2.39. The Morgan fingerprint density at radius 3 is 2.19 bits per heavy atom. The Hall–Kier alpha value is -4.18. The van der Waals surface area contributed by atoms with Crippen molar-refractivity contribution in [3.05, 3.63) is 118 Å². The monoisotopic (exact) mass is 507 g/mol. The predicted molar refractivity (Wildman–Crippen MR) is 133 cm³/mol. The predicted octanol–water partition coefficient (Wildman–Crippen LogP) is 4.71. The molecule has 0 aliphatic carbocycles. The van der Waals surface area contributed by atoms with Gasteiger partial charge in [-0.25, -0.2) is 13.2 Å². The highest BCUT2D eigenvalue weighted by Gasteiger charge is 2.38. The minimum atomic E-state index is -4.26. The number of carbonyl (C=O) groups is 1. The molecule has 10 heteroatoms. The Morgan fingerprint density at radius 1 is 0.972 bits per heavy atom. The number of sulfonamides is 1. The molecular weight excluding hydrogens is 482 g/mol. The van der Waals surface area contributed by atoms with Crippen LogP contribution in [0.15, 0.2) is 102 Å². The number of carbonyl (C=O) groups excluding carboxylic acids is 1. The Kier molecular flexibility index (Phi) is 7.35. The number of ether oxygens (including phenoxy) is 1. The Morgan fingerprint density at radius 2 is 1.56 bits per heavy atom. The first-order chi connectivity index (χ1) is 17.3. The summed E-state index contributed by atoms with van der Waals surface area (Å²) >= 11 is 0. The number of allylic oxidation sites excluding steroid dienone is 1. The third-order valence-corrected chi connectivity index (χ3v) is 7.60. The van der Waals surface area contributed by atoms with E-state index in [0.717, 1.165) is 21.5 Å². The van der Waals surface area contributed by atoms with Crippen molar-refractivity contribution in [1.29, 1.82) is 0 Å². The van der Waals surface area contributed by atoms with Crippen LogP contribution in [0.2, 0.25) is 0 Å². The maximum absolute atomic E-state index is 13.5. The SMILES string of the molecule is CC1=CN(S(=O)(=O)c2ccccc2[N+](=O)[O-])C[C@H](Cc2ccccc2)N1C(=O)OCc1ccccc1. The second-order valence-electron chi connectivity index (χ2n) is 8.32. The fourth-order valence-electron chi connectivity index (χ4n) is 4.14. The molecule has 1 amide bonds. The molecule has 0 saturated heterocycles. The van der Waals surface area contributed by atoms with Gasteiger partial charge in [-0.1, -0.05) is 72.8 Å². The van der Waals surface area contributed by atoms with E-state index in [1.807, 2.05) is 60.7 Å². The molecular formula is C26H25N3O6S. The van der Waals surface area contributed by atoms with E-state index in [1.165, 1.54) is 29.3 Å². The van der Waals surface area contributed by atoms with Crippen LogP contribution in [0.1, 0.15) is 18.1 Å². The van der Waals surface area contributed by atoms with Gasteiger partial charge in [0.25, 0.3) is 15.7 Å². The van der Waals surface area contributed by atoms with Gasteiger partial charge in [-0.15, -0.1) is 0 Å². The molecule has 9 nitrogen and oxygen atoms in total. The molecule has 4 rings (SSSR count). The summed E-state index contributed by atoms with van der Waals surface area (Å²) in [5.74, 6) is 0. The van der Waals surface area contributed by atoms with Crippen LogP contribution < -0.4 is 0 Å². The van der Waals surface area contributed by atoms with Gasteiger partial charge in [0.1, 0.15) is 6.61 Å². The summed E-state index contributed by atoms with van der Waals surface area (Å²) < 4.78 is 33.6. The van der Waals surface area contributed by atoms with E-state index < -0.39 is 37.7 Å². The van der Waals surface area contributed by atoms with Crippen molar-refractivity contribution in [2.24, 2.45) is 0 Å². The number of rotatable bonds is 7. The molecule has 3 aromatic rings. The molecule has 0 spiro atoms. The number of nitro groups is 1. The van der Waals surface area contributed by atoms with Crippen molar-refractivity contribution in [2.45, 2.75) is 30.9 Å². The zero-order valence-corrected chi connectivity index (χ0v) is 20.4. The Bertz CT molecular complexity index is 1380. The number of amides is 1. The quantitative estimate of drug-likeness (QED) is 0.338. The number of nitrogens with zero attached hydrogens (tertiary/aromatic N) is 3. The molecule has 0 bridgehead atoms. The van der Waals surface area contributed by atoms with Gasteiger partial charge in [0, 0.05) is 18.0 Å². The minimum Gasteiger partial charge on any atom is -0.444 e. The van der Waals surface area contributed by atoms with Gasteiger partial charge >= 0.3 is 6.09 Å². The van der Waals surface area contributed by atoms with Crippen molar-refractivity contribution in [3.8, 4) is 0 Å². The van der Waals surface area contributed by atoms with Crippen LogP contribution in [0.25, 0.3) is 0 Å². The van der Waals surface area contributed by atoms with Crippen molar-refractivity contribution in [3.63, 3.8) is 0 Å². The van der Waals surface area contributed by atoms with E-state index >= 15 is 0 Å². The molecule has 186 valence electrons. The highest BCUT2D eigenvalue weighted by molar-refractivity contribution is 7.89. The van der Waals surface area contributed by atoms with Crippen LogP contribution in [0.4, 0.5) is 10.5 Å². The molecule has 1 atom stereocenters. The molecule has 36 heavy (non-hydrogen) atoms. The first kappa shape index (κ1) is 24.9. The van der Waals surface area contributed by atoms with Gasteiger partial charge in [-0.2, -0.15) is 0 Å². The normalized spacial score (nSPS) is 15.8. The van der Waals surface area contributed by atoms with E-state index in [1.54, 1.807) is 6.92 Å². The number of nitro benzene ring substituents is 1. The van der Waals surface area contributed by atoms with Crippen molar-refractivity contribution in [1.82, 2.24) is 9.21 Å². The third kappa shape index (κ3) is 5.38. The van der Waals surface area contributed by atoms with Crippen LogP contribution in [-0.4, -0.2) is 41.2 Å². The minimum absolute atomic E-state index is 0.0692. The van der Waals surface area contributed by atoms with Crippen molar-refractivity contribution in [2.75, 3.05) is 6.54 Å². The largest absolute Gasteiger partial charge is 0.444 e. The second-order valence-corrected chi connectivity index (χ2v) is 10.2. The number of hydrogen-bond acceptors (Lipinski definition) is 6. The average molecular weight is 508 g/mol. The molecule has 0 fully saturated rings. The number of para-hydroxylation sites is 1. The Balaban J connectivity index is 1.66. The summed E-state index contributed by atoms with van der Waals surface area (Å²) in [4.78, 5) is 25.0. The van der Waals surface area contributed by atoms with Gasteiger partial charge in [-0.05, 0) is 30.5 Å². The topological polar surface area (TPSA) is 110 Å². The van der Waals surface area contributed by atoms with Gasteiger partial charge in [0.2, 0.25) is 0 Å². The fraction of sp³-hybridized carbons (Fsp3) is 0.192. The highest BCUT2D eigenvalue weighted by atomic mass is 32.2. The molecule has 0 N–H and O–H groups in total. The first-order valence-corrected chi connectivity index (χ1v) is 12.7. The molecule has 3 aromatic carbocycles. The lowest BCUT2D eigenvalue weighted by atomic mass is 10.0. The van der Waals surface area contributed by atoms with E-state index in [2.05, 4.69) is 0 Å². The molecule has 1 heterocycles. The van der Waals surface area contributed by atoms with Crippen LogP contribution in [-0.2, 0) is 27.8 Å². The van der Waals surface area contributed by atoms with Crippen LogP contribution in [0, 0.1) is 10.1 Å². The van der Waals surface area contributed by atoms with Gasteiger partial charge in [-0.3, -0.25) is 19.3 Å². The lowest BCUT2D eigenvalue weighted by Crippen LogP contribution is -2.51. The summed E-state index contributed by atoms with van der Waals surface area (Å²) in [6.45, 7) is 1.59. The smallest absolute Gasteiger partial charge is 0.414 e. The standard InChI is InChI=1S/C26H25N3O6S/c1-20-17-27(36(33,34)25-15-9-8-14-24(25)29(31)32)18-23(16-21-10-4-2-5-11-21)28(20)26(30)35-19-22-12-6-3-7-13-22/h2-15,17,23H,16,18-19H2,1H3/t23-/m0/s1. The molecule has 0 saturated carbocycles. The van der Waals surface area contributed by atoms with Crippen LogP contribution in [0.3, 0.4) is 0 Å². The lowest BCUT2D eigenvalue weighted by molar-refractivity contribution is -0.387. The number of benzene rings is 3. The fourth-order valence-corrected chi connectivity index (χ4v) is 5.71. The maximum Gasteiger partial charge on any atom is 0.414 e. The van der Waals surface area contributed by atoms with Crippen molar-refractivity contribution >= 4 is 21.8 Å².